The van der Waals surface area contributed by atoms with Crippen LogP contribution in [0, 0.1) is 5.92 Å². The Morgan fingerprint density at radius 2 is 1.96 bits per heavy atom. The largest absolute Gasteiger partial charge is 0.391 e. The number of likely N-dealkylation sites (N-methyl/N-ethyl adjacent to an activating group) is 1. The summed E-state index contributed by atoms with van der Waals surface area (Å²) < 4.78 is 5.72. The highest BCUT2D eigenvalue weighted by Gasteiger charge is 2.48. The number of amides is 1. The lowest BCUT2D eigenvalue weighted by atomic mass is 9.92. The number of rotatable bonds is 7. The summed E-state index contributed by atoms with van der Waals surface area (Å²) >= 11 is 1.20. The molecule has 0 aliphatic carbocycles. The lowest BCUT2D eigenvalue weighted by Crippen LogP contribution is -2.65. The van der Waals surface area contributed by atoms with Crippen LogP contribution < -0.4 is 5.32 Å². The Kier molecular flexibility index (Phi) is 8.35. The fourth-order valence-corrected chi connectivity index (χ4v) is 4.81. The number of aliphatic hydroxyl groups excluding tert-OH is 4. The van der Waals surface area contributed by atoms with E-state index in [1.165, 1.54) is 18.7 Å². The second-order valence-corrected chi connectivity index (χ2v) is 8.73. The molecule has 2 heterocycles. The first-order chi connectivity index (χ1) is 12.7. The van der Waals surface area contributed by atoms with Crippen molar-refractivity contribution in [2.24, 2.45) is 5.92 Å². The van der Waals surface area contributed by atoms with Crippen molar-refractivity contribution >= 4 is 17.7 Å². The van der Waals surface area contributed by atoms with E-state index < -0.39 is 42.0 Å². The molecule has 0 aromatic carbocycles. The molecule has 1 amide bonds. The topological polar surface area (TPSA) is 122 Å². The highest BCUT2D eigenvalue weighted by molar-refractivity contribution is 7.99. The summed E-state index contributed by atoms with van der Waals surface area (Å²) in [6.07, 6.45) is -1.50. The first-order valence-electron chi connectivity index (χ1n) is 9.62. The van der Waals surface area contributed by atoms with Crippen LogP contribution in [-0.4, -0.2) is 99.1 Å². The van der Waals surface area contributed by atoms with Crippen LogP contribution in [0.2, 0.25) is 0 Å². The molecule has 2 saturated heterocycles. The van der Waals surface area contributed by atoms with Crippen molar-refractivity contribution in [1.82, 2.24) is 10.2 Å². The highest BCUT2D eigenvalue weighted by atomic mass is 32.2. The van der Waals surface area contributed by atoms with Crippen LogP contribution in [0.3, 0.4) is 0 Å². The number of aliphatic hydroxyl groups is 4. The summed E-state index contributed by atoms with van der Waals surface area (Å²) in [7, 11) is 1.91. The van der Waals surface area contributed by atoms with Gasteiger partial charge in [-0.05, 0) is 39.0 Å². The van der Waals surface area contributed by atoms with Gasteiger partial charge < -0.3 is 30.5 Å². The van der Waals surface area contributed by atoms with Gasteiger partial charge in [0.2, 0.25) is 5.91 Å². The zero-order valence-corrected chi connectivity index (χ0v) is 17.3. The third-order valence-electron chi connectivity index (χ3n) is 5.66. The standard InChI is InChI=1S/C18H34N2O6S/c1-5-6-10-7-11(20(3)8-10)17(25)19-12(9(2)21)16-14(23)13(22)15(24)18(26-16)27-4/h9-16,18,21-24H,5-8H2,1-4H3,(H,19,25)/t9-,10?,11?,12-,13-,14-,15+,16+,18-/m1/s1. The second-order valence-electron chi connectivity index (χ2n) is 7.80. The van der Waals surface area contributed by atoms with E-state index in [-0.39, 0.29) is 11.9 Å². The predicted molar refractivity (Wildman–Crippen MR) is 103 cm³/mol. The van der Waals surface area contributed by atoms with Crippen molar-refractivity contribution in [2.75, 3.05) is 19.8 Å². The fourth-order valence-electron chi connectivity index (χ4n) is 4.13. The number of thioether (sulfide) groups is 1. The van der Waals surface area contributed by atoms with Gasteiger partial charge in [0.25, 0.3) is 0 Å². The van der Waals surface area contributed by atoms with Crippen LogP contribution in [0.25, 0.3) is 0 Å². The van der Waals surface area contributed by atoms with Crippen LogP contribution in [0.4, 0.5) is 0 Å². The molecule has 8 nitrogen and oxygen atoms in total. The summed E-state index contributed by atoms with van der Waals surface area (Å²) in [6.45, 7) is 4.48. The molecule has 2 rings (SSSR count). The number of likely N-dealkylation sites (tertiary alicyclic amines) is 1. The van der Waals surface area contributed by atoms with E-state index in [0.29, 0.717) is 5.92 Å². The Hall–Kier alpha value is -0.420. The van der Waals surface area contributed by atoms with Crippen LogP contribution in [0.1, 0.15) is 33.1 Å². The zero-order valence-electron chi connectivity index (χ0n) is 16.5. The molecule has 0 saturated carbocycles. The van der Waals surface area contributed by atoms with Gasteiger partial charge in [0.15, 0.2) is 0 Å². The van der Waals surface area contributed by atoms with Gasteiger partial charge in [-0.1, -0.05) is 13.3 Å². The summed E-state index contributed by atoms with van der Waals surface area (Å²) in [5, 5.41) is 43.5. The summed E-state index contributed by atoms with van der Waals surface area (Å²) in [4.78, 5) is 14.9. The predicted octanol–water partition coefficient (Wildman–Crippen LogP) is -0.857. The number of nitrogens with zero attached hydrogens (tertiary/aromatic N) is 1. The van der Waals surface area contributed by atoms with Crippen LogP contribution in [0.5, 0.6) is 0 Å². The number of carbonyl (C=O) groups excluding carboxylic acids is 1. The Balaban J connectivity index is 2.09. The average molecular weight is 407 g/mol. The van der Waals surface area contributed by atoms with Gasteiger partial charge in [-0.25, -0.2) is 0 Å². The minimum atomic E-state index is -1.42. The van der Waals surface area contributed by atoms with Gasteiger partial charge in [-0.3, -0.25) is 9.69 Å². The lowest BCUT2D eigenvalue weighted by molar-refractivity contribution is -0.211. The van der Waals surface area contributed by atoms with E-state index in [2.05, 4.69) is 12.2 Å². The van der Waals surface area contributed by atoms with E-state index in [9.17, 15) is 25.2 Å². The van der Waals surface area contributed by atoms with Crippen molar-refractivity contribution < 1.29 is 30.0 Å². The second kappa shape index (κ2) is 9.87. The molecule has 0 radical (unpaired) electrons. The number of hydrogen-bond acceptors (Lipinski definition) is 8. The average Bonchev–Trinajstić information content (AvgIpc) is 2.99. The Bertz CT molecular complexity index is 494. The van der Waals surface area contributed by atoms with Crippen molar-refractivity contribution in [2.45, 2.75) is 81.1 Å². The molecule has 158 valence electrons. The molecule has 2 aliphatic heterocycles. The molecule has 5 N–H and O–H groups in total. The van der Waals surface area contributed by atoms with Gasteiger partial charge >= 0.3 is 0 Å². The highest BCUT2D eigenvalue weighted by Crippen LogP contribution is 2.30. The third-order valence-corrected chi connectivity index (χ3v) is 6.51. The Morgan fingerprint density at radius 1 is 1.30 bits per heavy atom. The number of nitrogens with one attached hydrogen (secondary N) is 1. The van der Waals surface area contributed by atoms with Gasteiger partial charge in [0.05, 0.1) is 18.2 Å². The normalized spacial score (nSPS) is 39.9. The molecule has 2 unspecified atom stereocenters. The molecule has 9 heteroatoms. The minimum Gasteiger partial charge on any atom is -0.391 e. The Morgan fingerprint density at radius 3 is 2.52 bits per heavy atom. The molecular formula is C18H34N2O6S. The molecule has 0 spiro atoms. The number of ether oxygens (including phenoxy) is 1. The van der Waals surface area contributed by atoms with Crippen LogP contribution in [-0.2, 0) is 9.53 Å². The molecule has 0 aromatic heterocycles. The smallest absolute Gasteiger partial charge is 0.237 e. The molecular weight excluding hydrogens is 372 g/mol. The monoisotopic (exact) mass is 406 g/mol. The summed E-state index contributed by atoms with van der Waals surface area (Å²) in [5.74, 6) is 0.245. The number of hydrogen-bond donors (Lipinski definition) is 5. The molecule has 27 heavy (non-hydrogen) atoms. The Labute approximate surface area is 165 Å². The maximum absolute atomic E-state index is 12.8. The van der Waals surface area contributed by atoms with Crippen molar-refractivity contribution in [3.8, 4) is 0 Å². The SMILES string of the molecule is CCCC1CC(C(=O)N[C@@H]([C@@H]2O[C@H](SC)[C@@H](O)[C@H](O)[C@H]2O)[C@@H](C)O)N(C)C1. The van der Waals surface area contributed by atoms with E-state index in [0.717, 1.165) is 25.8 Å². The van der Waals surface area contributed by atoms with Crippen LogP contribution in [0.15, 0.2) is 0 Å². The van der Waals surface area contributed by atoms with E-state index >= 15 is 0 Å². The van der Waals surface area contributed by atoms with Gasteiger partial charge in [0.1, 0.15) is 29.9 Å². The molecule has 0 aromatic rings. The fraction of sp³-hybridized carbons (Fsp3) is 0.944. The minimum absolute atomic E-state index is 0.223. The first kappa shape index (κ1) is 22.9. The van der Waals surface area contributed by atoms with Crippen molar-refractivity contribution in [3.63, 3.8) is 0 Å². The molecule has 9 atom stereocenters. The molecule has 2 fully saturated rings. The quantitative estimate of drug-likeness (QED) is 0.370. The van der Waals surface area contributed by atoms with E-state index in [1.54, 1.807) is 6.26 Å². The maximum atomic E-state index is 12.8. The molecule has 0 bridgehead atoms. The van der Waals surface area contributed by atoms with E-state index in [1.807, 2.05) is 11.9 Å². The molecule has 2 aliphatic rings. The van der Waals surface area contributed by atoms with Gasteiger partial charge in [-0.15, -0.1) is 11.8 Å². The van der Waals surface area contributed by atoms with Crippen LogP contribution >= 0.6 is 11.8 Å². The van der Waals surface area contributed by atoms with Crippen molar-refractivity contribution in [1.29, 1.82) is 0 Å². The summed E-state index contributed by atoms with van der Waals surface area (Å²) in [5.41, 5.74) is -0.755. The van der Waals surface area contributed by atoms with E-state index in [4.69, 9.17) is 4.74 Å². The zero-order chi connectivity index (χ0) is 20.3. The van der Waals surface area contributed by atoms with Gasteiger partial charge in [0, 0.05) is 6.54 Å². The lowest BCUT2D eigenvalue weighted by Gasteiger charge is -2.44. The maximum Gasteiger partial charge on any atom is 0.237 e. The van der Waals surface area contributed by atoms with Gasteiger partial charge in [-0.2, -0.15) is 0 Å². The third kappa shape index (κ3) is 5.14. The van der Waals surface area contributed by atoms with Crippen molar-refractivity contribution in [3.05, 3.63) is 0 Å². The number of carbonyl (C=O) groups is 1. The first-order valence-corrected chi connectivity index (χ1v) is 10.9. The summed E-state index contributed by atoms with van der Waals surface area (Å²) in [6, 6.07) is -1.20.